The smallest absolute Gasteiger partial charge is 0.139 e. The molecule has 0 fully saturated rings. The van der Waals surface area contributed by atoms with Gasteiger partial charge < -0.3 is 9.13 Å². The first-order valence-corrected chi connectivity index (χ1v) is 17.0. The molecule has 0 amide bonds. The maximum absolute atomic E-state index is 5.52. The van der Waals surface area contributed by atoms with Crippen molar-refractivity contribution in [1.29, 1.82) is 0 Å². The van der Waals surface area contributed by atoms with Crippen LogP contribution in [0.1, 0.15) is 43.2 Å². The van der Waals surface area contributed by atoms with Crippen LogP contribution in [-0.4, -0.2) is 23.9 Å². The Morgan fingerprint density at radius 1 is 0.612 bits per heavy atom. The Bertz CT molecular complexity index is 2490. The van der Waals surface area contributed by atoms with Crippen LogP contribution in [-0.2, 0) is 12.5 Å². The van der Waals surface area contributed by atoms with Gasteiger partial charge in [0.1, 0.15) is 11.5 Å². The van der Waals surface area contributed by atoms with Crippen molar-refractivity contribution >= 4 is 21.8 Å². The Morgan fingerprint density at radius 2 is 1.31 bits per heavy atom. The molecular weight excluding hydrogens is 599 g/mol. The lowest BCUT2D eigenvalue weighted by Crippen LogP contribution is -2.19. The second kappa shape index (κ2) is 11.5. The summed E-state index contributed by atoms with van der Waals surface area (Å²) in [6.45, 7) is 13.5. The number of rotatable bonds is 5. The highest BCUT2D eigenvalue weighted by molar-refractivity contribution is 6.09. The summed E-state index contributed by atoms with van der Waals surface area (Å²) in [5.74, 6) is 0.942. The van der Waals surface area contributed by atoms with Crippen LogP contribution in [0.25, 0.3) is 67.0 Å². The molecule has 3 heterocycles. The molecule has 3 aromatic heterocycles. The average Bonchev–Trinajstić information content (AvgIpc) is 3.78. The Labute approximate surface area is 288 Å². The number of fused-ring (bicyclic) bond motifs is 3. The summed E-state index contributed by atoms with van der Waals surface area (Å²) in [5, 5.41) is 7.95. The van der Waals surface area contributed by atoms with E-state index in [9.17, 15) is 0 Å². The molecular formula is C44H41N5. The molecule has 5 heteroatoms. The van der Waals surface area contributed by atoms with E-state index in [0.717, 1.165) is 39.5 Å². The minimum atomic E-state index is -0.211. The number of nitrogens with zero attached hydrogens (tertiary/aromatic N) is 5. The number of aryl methyl sites for hydroxylation is 4. The van der Waals surface area contributed by atoms with E-state index in [1.165, 1.54) is 49.8 Å². The van der Waals surface area contributed by atoms with Gasteiger partial charge in [-0.1, -0.05) is 105 Å². The molecule has 49 heavy (non-hydrogen) atoms. The first-order chi connectivity index (χ1) is 23.6. The molecule has 0 atom stereocenters. The quantitative estimate of drug-likeness (QED) is 0.188. The summed E-state index contributed by atoms with van der Waals surface area (Å²) >= 11 is 0. The van der Waals surface area contributed by atoms with Gasteiger partial charge in [-0.2, -0.15) is 5.10 Å². The molecule has 0 N–H and O–H groups in total. The molecule has 0 aliphatic carbocycles. The maximum Gasteiger partial charge on any atom is 0.139 e. The van der Waals surface area contributed by atoms with Crippen LogP contribution < -0.4 is 0 Å². The van der Waals surface area contributed by atoms with Crippen LogP contribution in [0.2, 0.25) is 0 Å². The zero-order valence-electron chi connectivity index (χ0n) is 29.3. The third-order valence-electron chi connectivity index (χ3n) is 9.66. The molecule has 0 unspecified atom stereocenters. The summed E-state index contributed by atoms with van der Waals surface area (Å²) < 4.78 is 6.66. The van der Waals surface area contributed by atoms with Gasteiger partial charge in [-0.3, -0.25) is 0 Å². The summed E-state index contributed by atoms with van der Waals surface area (Å²) in [6.07, 6.45) is 3.84. The van der Waals surface area contributed by atoms with E-state index in [1.807, 2.05) is 19.4 Å². The Hall–Kier alpha value is -5.68. The molecule has 242 valence electrons. The molecule has 0 spiro atoms. The number of para-hydroxylation sites is 1. The van der Waals surface area contributed by atoms with Gasteiger partial charge >= 0.3 is 0 Å². The fourth-order valence-electron chi connectivity index (χ4n) is 7.70. The fraction of sp³-hybridized carbons (Fsp3) is 0.182. The van der Waals surface area contributed by atoms with Crippen molar-refractivity contribution in [1.82, 2.24) is 23.9 Å². The van der Waals surface area contributed by atoms with Crippen molar-refractivity contribution in [3.63, 3.8) is 0 Å². The topological polar surface area (TPSA) is 40.6 Å². The third kappa shape index (κ3) is 5.08. The number of benzene rings is 5. The number of hydrogen-bond acceptors (Lipinski definition) is 2. The average molecular weight is 640 g/mol. The first-order valence-electron chi connectivity index (χ1n) is 17.0. The maximum atomic E-state index is 5.52. The van der Waals surface area contributed by atoms with E-state index in [-0.39, 0.29) is 5.41 Å². The number of hydrogen-bond donors (Lipinski definition) is 0. The van der Waals surface area contributed by atoms with Gasteiger partial charge in [-0.05, 0) is 67.8 Å². The molecule has 5 nitrogen and oxygen atoms in total. The van der Waals surface area contributed by atoms with E-state index in [2.05, 4.69) is 170 Å². The summed E-state index contributed by atoms with van der Waals surface area (Å²) in [7, 11) is 2.04. The minimum absolute atomic E-state index is 0.211. The van der Waals surface area contributed by atoms with Crippen molar-refractivity contribution in [2.45, 2.75) is 47.0 Å². The van der Waals surface area contributed by atoms with E-state index < -0.39 is 0 Å². The van der Waals surface area contributed by atoms with Crippen molar-refractivity contribution in [3.8, 4) is 45.1 Å². The van der Waals surface area contributed by atoms with Crippen LogP contribution >= 0.6 is 0 Å². The van der Waals surface area contributed by atoms with E-state index in [1.54, 1.807) is 0 Å². The number of aromatic nitrogens is 5. The van der Waals surface area contributed by atoms with Gasteiger partial charge in [0, 0.05) is 58.0 Å². The predicted molar refractivity (Wildman–Crippen MR) is 204 cm³/mol. The number of imidazole rings is 1. The van der Waals surface area contributed by atoms with Gasteiger partial charge in [0.15, 0.2) is 0 Å². The van der Waals surface area contributed by atoms with Gasteiger partial charge in [-0.15, -0.1) is 0 Å². The molecule has 0 aliphatic rings. The molecule has 0 bridgehead atoms. The van der Waals surface area contributed by atoms with E-state index >= 15 is 0 Å². The molecule has 8 rings (SSSR count). The minimum Gasteiger partial charge on any atom is -0.334 e. The van der Waals surface area contributed by atoms with Crippen LogP contribution in [0, 0.1) is 20.8 Å². The zero-order chi connectivity index (χ0) is 34.0. The third-order valence-corrected chi connectivity index (χ3v) is 9.66. The van der Waals surface area contributed by atoms with Crippen LogP contribution in [0.5, 0.6) is 0 Å². The second-order valence-corrected chi connectivity index (χ2v) is 14.3. The summed E-state index contributed by atoms with van der Waals surface area (Å²) in [6, 6.07) is 39.4. The summed E-state index contributed by atoms with van der Waals surface area (Å²) in [5.41, 5.74) is 14.9. The van der Waals surface area contributed by atoms with Crippen LogP contribution in [0.3, 0.4) is 0 Å². The van der Waals surface area contributed by atoms with Crippen molar-refractivity contribution in [2.75, 3.05) is 0 Å². The van der Waals surface area contributed by atoms with E-state index in [4.69, 9.17) is 5.10 Å². The normalized spacial score (nSPS) is 12.0. The zero-order valence-corrected chi connectivity index (χ0v) is 29.3. The van der Waals surface area contributed by atoms with Crippen molar-refractivity contribution < 1.29 is 0 Å². The van der Waals surface area contributed by atoms with Gasteiger partial charge in [0.2, 0.25) is 0 Å². The van der Waals surface area contributed by atoms with Gasteiger partial charge in [-0.25, -0.2) is 9.67 Å². The lowest BCUT2D eigenvalue weighted by molar-refractivity contribution is 0.545. The molecule has 0 saturated heterocycles. The molecule has 0 radical (unpaired) electrons. The predicted octanol–water partition coefficient (Wildman–Crippen LogP) is 10.9. The Morgan fingerprint density at radius 3 is 2.02 bits per heavy atom. The summed E-state index contributed by atoms with van der Waals surface area (Å²) in [4.78, 5) is 4.64. The van der Waals surface area contributed by atoms with Gasteiger partial charge in [0.25, 0.3) is 0 Å². The second-order valence-electron chi connectivity index (χ2n) is 14.3. The van der Waals surface area contributed by atoms with Gasteiger partial charge in [0.05, 0.1) is 22.4 Å². The lowest BCUT2D eigenvalue weighted by Gasteiger charge is -2.24. The molecule has 5 aromatic carbocycles. The molecule has 0 saturated carbocycles. The Balaban J connectivity index is 1.43. The highest BCUT2D eigenvalue weighted by Gasteiger charge is 2.31. The highest BCUT2D eigenvalue weighted by atomic mass is 15.3. The molecule has 0 aliphatic heterocycles. The largest absolute Gasteiger partial charge is 0.334 e. The first kappa shape index (κ1) is 30.6. The van der Waals surface area contributed by atoms with Crippen molar-refractivity contribution in [2.24, 2.45) is 7.05 Å². The molecule has 8 aromatic rings. The standard InChI is InChI=1S/C44H41N5/c1-28-24-29(2)39(30(3)25-28)40-41(31-14-9-8-10-15-31)46-49(42(40)44(4,5)6)34-20-21-36-35-18-11-12-19-37(35)48(38(36)27-34)33-17-13-16-32(26-33)43-45-22-23-47(43)7/h8-27H,1-7H3. The SMILES string of the molecule is Cc1cc(C)c(-c2c(-c3ccccc3)nn(-c3ccc4c5ccccc5n(-c5cccc(-c6nccn6C)c5)c4c3)c2C(C)(C)C)c(C)c1. The lowest BCUT2D eigenvalue weighted by atomic mass is 9.82. The van der Waals surface area contributed by atoms with Crippen LogP contribution in [0.15, 0.2) is 122 Å². The van der Waals surface area contributed by atoms with Crippen molar-refractivity contribution in [3.05, 3.63) is 144 Å². The fourth-order valence-corrected chi connectivity index (χ4v) is 7.70. The monoisotopic (exact) mass is 639 g/mol. The van der Waals surface area contributed by atoms with E-state index in [0.29, 0.717) is 0 Å². The highest BCUT2D eigenvalue weighted by Crippen LogP contribution is 2.44. The van der Waals surface area contributed by atoms with Crippen LogP contribution in [0.4, 0.5) is 0 Å². The Kier molecular flexibility index (Phi) is 7.18.